The normalized spacial score (nSPS) is 11.9. The van der Waals surface area contributed by atoms with E-state index in [2.05, 4.69) is 5.32 Å². The SMILES string of the molecule is CCOc1ccc(S(=O)(=O)N(CC(=O)N(CCc2ccccc2)[C@H](CC)C(=O)NC)c2ccc(F)cc2)cc1. The van der Waals surface area contributed by atoms with Gasteiger partial charge in [0.2, 0.25) is 11.8 Å². The van der Waals surface area contributed by atoms with Crippen LogP contribution in [0.25, 0.3) is 0 Å². The molecular formula is C29H34FN3O5S. The molecule has 0 fully saturated rings. The minimum Gasteiger partial charge on any atom is -0.494 e. The molecule has 0 saturated carbocycles. The van der Waals surface area contributed by atoms with Crippen molar-refractivity contribution in [1.29, 1.82) is 0 Å². The highest BCUT2D eigenvalue weighted by molar-refractivity contribution is 7.92. The highest BCUT2D eigenvalue weighted by Crippen LogP contribution is 2.26. The van der Waals surface area contributed by atoms with Crippen LogP contribution in [0.3, 0.4) is 0 Å². The summed E-state index contributed by atoms with van der Waals surface area (Å²) in [6.45, 7) is 3.65. The molecule has 3 aromatic rings. The third kappa shape index (κ3) is 7.57. The average Bonchev–Trinajstić information content (AvgIpc) is 2.95. The molecule has 3 rings (SSSR count). The number of anilines is 1. The summed E-state index contributed by atoms with van der Waals surface area (Å²) in [5.74, 6) is -0.940. The number of ether oxygens (including phenoxy) is 1. The molecule has 0 heterocycles. The Hall–Kier alpha value is -3.92. The molecule has 1 atom stereocenters. The molecule has 2 amide bonds. The maximum atomic E-state index is 13.8. The number of rotatable bonds is 13. The van der Waals surface area contributed by atoms with Crippen LogP contribution in [0, 0.1) is 5.82 Å². The molecule has 0 radical (unpaired) electrons. The zero-order valence-corrected chi connectivity index (χ0v) is 23.2. The molecule has 0 unspecified atom stereocenters. The smallest absolute Gasteiger partial charge is 0.264 e. The van der Waals surface area contributed by atoms with Gasteiger partial charge < -0.3 is 15.0 Å². The summed E-state index contributed by atoms with van der Waals surface area (Å²) in [6, 6.07) is 19.4. The number of nitrogens with zero attached hydrogens (tertiary/aromatic N) is 2. The fourth-order valence-corrected chi connectivity index (χ4v) is 5.61. The lowest BCUT2D eigenvalue weighted by Crippen LogP contribution is -2.52. The van der Waals surface area contributed by atoms with Gasteiger partial charge in [0.05, 0.1) is 17.2 Å². The molecule has 8 nitrogen and oxygen atoms in total. The third-order valence-electron chi connectivity index (χ3n) is 6.23. The summed E-state index contributed by atoms with van der Waals surface area (Å²) in [5, 5.41) is 2.59. The van der Waals surface area contributed by atoms with E-state index < -0.39 is 34.3 Å². The van der Waals surface area contributed by atoms with Crippen molar-refractivity contribution >= 4 is 27.5 Å². The van der Waals surface area contributed by atoms with Crippen LogP contribution in [0.4, 0.5) is 10.1 Å². The van der Waals surface area contributed by atoms with E-state index in [1.807, 2.05) is 37.3 Å². The van der Waals surface area contributed by atoms with E-state index in [1.54, 1.807) is 6.92 Å². The topological polar surface area (TPSA) is 96.0 Å². The van der Waals surface area contributed by atoms with Crippen molar-refractivity contribution in [1.82, 2.24) is 10.2 Å². The molecule has 39 heavy (non-hydrogen) atoms. The van der Waals surface area contributed by atoms with Gasteiger partial charge in [0, 0.05) is 13.6 Å². The lowest BCUT2D eigenvalue weighted by atomic mass is 10.1. The number of hydrogen-bond donors (Lipinski definition) is 1. The molecule has 10 heteroatoms. The molecule has 0 saturated heterocycles. The van der Waals surface area contributed by atoms with Crippen molar-refractivity contribution in [2.24, 2.45) is 0 Å². The van der Waals surface area contributed by atoms with Crippen molar-refractivity contribution in [2.75, 3.05) is 31.0 Å². The van der Waals surface area contributed by atoms with E-state index >= 15 is 0 Å². The standard InChI is InChI=1S/C29H34FN3O5S/c1-4-27(29(35)31-3)32(20-19-22-9-7-6-8-10-22)28(34)21-33(24-13-11-23(30)12-14-24)39(36,37)26-17-15-25(16-18-26)38-5-2/h6-18,27H,4-5,19-21H2,1-3H3,(H,31,35)/t27-/m1/s1. The zero-order valence-electron chi connectivity index (χ0n) is 22.3. The molecule has 208 valence electrons. The van der Waals surface area contributed by atoms with Crippen LogP contribution in [-0.4, -0.2) is 57.9 Å². The van der Waals surface area contributed by atoms with E-state index in [4.69, 9.17) is 4.74 Å². The van der Waals surface area contributed by atoms with Crippen LogP contribution >= 0.6 is 0 Å². The quantitative estimate of drug-likeness (QED) is 0.344. The third-order valence-corrected chi connectivity index (χ3v) is 8.02. The van der Waals surface area contributed by atoms with Gasteiger partial charge in [0.15, 0.2) is 0 Å². The molecule has 1 N–H and O–H groups in total. The highest BCUT2D eigenvalue weighted by atomic mass is 32.2. The summed E-state index contributed by atoms with van der Waals surface area (Å²) in [4.78, 5) is 27.9. The monoisotopic (exact) mass is 555 g/mol. The first kappa shape index (κ1) is 29.6. The van der Waals surface area contributed by atoms with Crippen molar-refractivity contribution in [3.05, 3.63) is 90.2 Å². The van der Waals surface area contributed by atoms with E-state index in [-0.39, 0.29) is 23.0 Å². The van der Waals surface area contributed by atoms with Crippen molar-refractivity contribution in [3.63, 3.8) is 0 Å². The van der Waals surface area contributed by atoms with Crippen LogP contribution < -0.4 is 14.4 Å². The molecule has 0 spiro atoms. The van der Waals surface area contributed by atoms with Gasteiger partial charge in [-0.2, -0.15) is 0 Å². The number of sulfonamides is 1. The lowest BCUT2D eigenvalue weighted by Gasteiger charge is -2.33. The van der Waals surface area contributed by atoms with Crippen molar-refractivity contribution in [2.45, 2.75) is 37.6 Å². The Kier molecular flexibility index (Phi) is 10.4. The summed E-state index contributed by atoms with van der Waals surface area (Å²) in [5.41, 5.74) is 1.09. The van der Waals surface area contributed by atoms with E-state index in [0.717, 1.165) is 22.0 Å². The first-order valence-corrected chi connectivity index (χ1v) is 14.2. The Morgan fingerprint density at radius 2 is 1.59 bits per heavy atom. The largest absolute Gasteiger partial charge is 0.494 e. The molecule has 3 aromatic carbocycles. The summed E-state index contributed by atoms with van der Waals surface area (Å²) in [7, 11) is -2.75. The second-order valence-electron chi connectivity index (χ2n) is 8.75. The molecule has 0 bridgehead atoms. The van der Waals surface area contributed by atoms with Crippen molar-refractivity contribution < 1.29 is 27.1 Å². The van der Waals surface area contributed by atoms with Crippen LogP contribution in [0.5, 0.6) is 5.75 Å². The molecule has 0 aliphatic heterocycles. The van der Waals surface area contributed by atoms with Gasteiger partial charge in [-0.1, -0.05) is 37.3 Å². The van der Waals surface area contributed by atoms with E-state index in [0.29, 0.717) is 25.2 Å². The number of carbonyl (C=O) groups excluding carboxylic acids is 2. The molecule has 0 aromatic heterocycles. The first-order valence-electron chi connectivity index (χ1n) is 12.8. The predicted octanol–water partition coefficient (Wildman–Crippen LogP) is 4.02. The minimum absolute atomic E-state index is 0.0581. The second-order valence-corrected chi connectivity index (χ2v) is 10.6. The number of nitrogens with one attached hydrogen (secondary N) is 1. The Morgan fingerprint density at radius 1 is 0.949 bits per heavy atom. The van der Waals surface area contributed by atoms with Gasteiger partial charge >= 0.3 is 0 Å². The Balaban J connectivity index is 1.99. The number of likely N-dealkylation sites (N-methyl/N-ethyl adjacent to an activating group) is 1. The Labute approximate surface area is 229 Å². The predicted molar refractivity (Wildman–Crippen MR) is 149 cm³/mol. The Morgan fingerprint density at radius 3 is 2.15 bits per heavy atom. The number of benzene rings is 3. The van der Waals surface area contributed by atoms with Gasteiger partial charge in [0.1, 0.15) is 24.2 Å². The first-order chi connectivity index (χ1) is 18.7. The summed E-state index contributed by atoms with van der Waals surface area (Å²) in [6.07, 6.45) is 0.810. The highest BCUT2D eigenvalue weighted by Gasteiger charge is 2.33. The van der Waals surface area contributed by atoms with Crippen molar-refractivity contribution in [3.8, 4) is 5.75 Å². The van der Waals surface area contributed by atoms with E-state index in [1.165, 1.54) is 48.3 Å². The summed E-state index contributed by atoms with van der Waals surface area (Å²) >= 11 is 0. The van der Waals surface area contributed by atoms with Gasteiger partial charge in [0.25, 0.3) is 10.0 Å². The number of halogens is 1. The molecule has 0 aliphatic rings. The molecular weight excluding hydrogens is 521 g/mol. The zero-order chi connectivity index (χ0) is 28.4. The fraction of sp³-hybridized carbons (Fsp3) is 0.310. The number of carbonyl (C=O) groups is 2. The van der Waals surface area contributed by atoms with Crippen LogP contribution in [0.15, 0.2) is 83.8 Å². The number of hydrogen-bond acceptors (Lipinski definition) is 5. The fourth-order valence-electron chi connectivity index (χ4n) is 4.20. The number of amides is 2. The van der Waals surface area contributed by atoms with Gasteiger partial charge in [-0.25, -0.2) is 12.8 Å². The van der Waals surface area contributed by atoms with Gasteiger partial charge in [-0.05, 0) is 73.9 Å². The lowest BCUT2D eigenvalue weighted by molar-refractivity contribution is -0.139. The van der Waals surface area contributed by atoms with Gasteiger partial charge in [-0.15, -0.1) is 0 Å². The maximum absolute atomic E-state index is 13.8. The Bertz CT molecular complexity index is 1330. The van der Waals surface area contributed by atoms with Crippen LogP contribution in [0.2, 0.25) is 0 Å². The maximum Gasteiger partial charge on any atom is 0.264 e. The molecule has 0 aliphatic carbocycles. The average molecular weight is 556 g/mol. The van der Waals surface area contributed by atoms with Crippen LogP contribution in [0.1, 0.15) is 25.8 Å². The van der Waals surface area contributed by atoms with Gasteiger partial charge in [-0.3, -0.25) is 13.9 Å². The second kappa shape index (κ2) is 13.7. The minimum atomic E-state index is -4.25. The van der Waals surface area contributed by atoms with Crippen LogP contribution in [-0.2, 0) is 26.0 Å². The summed E-state index contributed by atoms with van der Waals surface area (Å²) < 4.78 is 47.7. The van der Waals surface area contributed by atoms with E-state index in [9.17, 15) is 22.4 Å².